The Bertz CT molecular complexity index is 792. The summed E-state index contributed by atoms with van der Waals surface area (Å²) in [6, 6.07) is 5.71. The Balaban J connectivity index is 1.60. The third-order valence-electron chi connectivity index (χ3n) is 3.69. The first kappa shape index (κ1) is 15.2. The van der Waals surface area contributed by atoms with Crippen LogP contribution in [0.15, 0.2) is 18.2 Å². The van der Waals surface area contributed by atoms with E-state index in [1.807, 2.05) is 19.1 Å². The second-order valence-corrected chi connectivity index (χ2v) is 9.07. The quantitative estimate of drug-likeness (QED) is 0.885. The minimum Gasteiger partial charge on any atom is -0.350 e. The first-order valence-corrected chi connectivity index (χ1v) is 9.67. The Kier molecular flexibility index (Phi) is 4.05. The highest BCUT2D eigenvalue weighted by Gasteiger charge is 2.28. The van der Waals surface area contributed by atoms with Crippen LogP contribution >= 0.6 is 11.3 Å². The Morgan fingerprint density at radius 2 is 2.32 bits per heavy atom. The third-order valence-corrected chi connectivity index (χ3v) is 6.57. The number of aromatic nitrogens is 2. The number of nitrogens with zero attached hydrogens (tertiary/aromatic N) is 1. The lowest BCUT2D eigenvalue weighted by Gasteiger charge is -2.07. The average molecular weight is 339 g/mol. The van der Waals surface area contributed by atoms with Crippen LogP contribution in [0, 0.1) is 12.8 Å². The molecule has 22 heavy (non-hydrogen) atoms. The van der Waals surface area contributed by atoms with Gasteiger partial charge in [-0.15, -0.1) is 11.3 Å². The van der Waals surface area contributed by atoms with Crippen molar-refractivity contribution in [2.45, 2.75) is 13.3 Å². The molecule has 2 aromatic heterocycles. The molecule has 1 aliphatic heterocycles. The number of thiophene rings is 1. The van der Waals surface area contributed by atoms with Crippen molar-refractivity contribution >= 4 is 27.1 Å². The molecule has 6 nitrogen and oxygen atoms in total. The molecule has 2 N–H and O–H groups in total. The van der Waals surface area contributed by atoms with Crippen LogP contribution in [0.4, 0.5) is 0 Å². The molecular weight excluding hydrogens is 322 g/mol. The number of sulfone groups is 1. The number of H-pyrrole nitrogens is 1. The molecule has 8 heteroatoms. The van der Waals surface area contributed by atoms with Gasteiger partial charge in [0.2, 0.25) is 0 Å². The highest BCUT2D eigenvalue weighted by atomic mass is 32.2. The maximum atomic E-state index is 12.1. The molecule has 1 saturated heterocycles. The fraction of sp³-hybridized carbons (Fsp3) is 0.429. The smallest absolute Gasteiger partial charge is 0.271 e. The molecule has 1 aliphatic rings. The van der Waals surface area contributed by atoms with E-state index in [2.05, 4.69) is 15.5 Å². The lowest BCUT2D eigenvalue weighted by Crippen LogP contribution is -2.30. The van der Waals surface area contributed by atoms with Gasteiger partial charge in [0, 0.05) is 11.4 Å². The fourth-order valence-electron chi connectivity index (χ4n) is 2.50. The lowest BCUT2D eigenvalue weighted by atomic mass is 10.1. The van der Waals surface area contributed by atoms with Crippen molar-refractivity contribution in [2.24, 2.45) is 5.92 Å². The maximum absolute atomic E-state index is 12.1. The Morgan fingerprint density at radius 3 is 2.95 bits per heavy atom. The highest BCUT2D eigenvalue weighted by Crippen LogP contribution is 2.26. The third kappa shape index (κ3) is 3.38. The van der Waals surface area contributed by atoms with E-state index in [-0.39, 0.29) is 23.3 Å². The summed E-state index contributed by atoms with van der Waals surface area (Å²) in [5, 5.41) is 9.65. The van der Waals surface area contributed by atoms with Gasteiger partial charge in [0.25, 0.3) is 5.91 Å². The predicted molar refractivity (Wildman–Crippen MR) is 85.7 cm³/mol. The normalized spacial score (nSPS) is 20.1. The van der Waals surface area contributed by atoms with Crippen molar-refractivity contribution in [3.8, 4) is 10.6 Å². The van der Waals surface area contributed by atoms with Gasteiger partial charge >= 0.3 is 0 Å². The summed E-state index contributed by atoms with van der Waals surface area (Å²) in [6.45, 7) is 2.40. The van der Waals surface area contributed by atoms with Gasteiger partial charge < -0.3 is 5.32 Å². The van der Waals surface area contributed by atoms with Gasteiger partial charge in [0.15, 0.2) is 15.5 Å². The van der Waals surface area contributed by atoms with Crippen molar-refractivity contribution in [3.05, 3.63) is 28.8 Å². The van der Waals surface area contributed by atoms with Gasteiger partial charge in [0.1, 0.15) is 0 Å². The minimum absolute atomic E-state index is 0.00677. The molecule has 2 aromatic rings. The van der Waals surface area contributed by atoms with E-state index >= 15 is 0 Å². The molecule has 0 aromatic carbocycles. The molecule has 0 unspecified atom stereocenters. The molecule has 0 bridgehead atoms. The van der Waals surface area contributed by atoms with Crippen molar-refractivity contribution in [3.63, 3.8) is 0 Å². The zero-order chi connectivity index (χ0) is 15.7. The second-order valence-electron chi connectivity index (χ2n) is 5.56. The average Bonchev–Trinajstić information content (AvgIpc) is 3.15. The van der Waals surface area contributed by atoms with Crippen molar-refractivity contribution < 1.29 is 13.2 Å². The van der Waals surface area contributed by atoms with Crippen LogP contribution in [0.3, 0.4) is 0 Å². The van der Waals surface area contributed by atoms with Crippen LogP contribution in [0.25, 0.3) is 10.6 Å². The van der Waals surface area contributed by atoms with E-state index in [1.165, 1.54) is 4.88 Å². The minimum atomic E-state index is -2.91. The second kappa shape index (κ2) is 5.85. The SMILES string of the molecule is Cc1ccc(-c2cc(C(=O)NC[C@H]3CCS(=O)(=O)C3)n[nH]2)s1. The lowest BCUT2D eigenvalue weighted by molar-refractivity contribution is 0.0943. The maximum Gasteiger partial charge on any atom is 0.271 e. The summed E-state index contributed by atoms with van der Waals surface area (Å²) in [5.41, 5.74) is 1.13. The number of nitrogens with one attached hydrogen (secondary N) is 2. The highest BCUT2D eigenvalue weighted by molar-refractivity contribution is 7.91. The Labute approximate surface area is 132 Å². The van der Waals surface area contributed by atoms with Crippen molar-refractivity contribution in [2.75, 3.05) is 18.1 Å². The van der Waals surface area contributed by atoms with Crippen LogP contribution in [-0.2, 0) is 9.84 Å². The number of amides is 1. The van der Waals surface area contributed by atoms with Crippen LogP contribution in [0.2, 0.25) is 0 Å². The van der Waals surface area contributed by atoms with Gasteiger partial charge in [0.05, 0.1) is 22.1 Å². The zero-order valence-corrected chi connectivity index (χ0v) is 13.8. The van der Waals surface area contributed by atoms with E-state index in [0.29, 0.717) is 18.7 Å². The zero-order valence-electron chi connectivity index (χ0n) is 12.1. The summed E-state index contributed by atoms with van der Waals surface area (Å²) >= 11 is 1.63. The molecule has 3 heterocycles. The number of hydrogen-bond donors (Lipinski definition) is 2. The molecule has 0 radical (unpaired) electrons. The van der Waals surface area contributed by atoms with E-state index in [0.717, 1.165) is 10.6 Å². The Hall–Kier alpha value is -1.67. The molecule has 1 amide bonds. The number of rotatable bonds is 4. The van der Waals surface area contributed by atoms with E-state index in [4.69, 9.17) is 0 Å². The summed E-state index contributed by atoms with van der Waals surface area (Å²) in [5.74, 6) is 0.109. The Morgan fingerprint density at radius 1 is 1.50 bits per heavy atom. The summed E-state index contributed by atoms with van der Waals surface area (Å²) in [7, 11) is -2.91. The van der Waals surface area contributed by atoms with Gasteiger partial charge in [-0.2, -0.15) is 5.10 Å². The fourth-order valence-corrected chi connectivity index (χ4v) is 5.20. The largest absolute Gasteiger partial charge is 0.350 e. The molecule has 1 fully saturated rings. The molecule has 3 rings (SSSR count). The number of aryl methyl sites for hydroxylation is 1. The monoisotopic (exact) mass is 339 g/mol. The van der Waals surface area contributed by atoms with E-state index in [9.17, 15) is 13.2 Å². The molecule has 0 aliphatic carbocycles. The first-order valence-electron chi connectivity index (χ1n) is 7.04. The van der Waals surface area contributed by atoms with Crippen LogP contribution in [0.5, 0.6) is 0 Å². The molecule has 0 saturated carbocycles. The number of carbonyl (C=O) groups is 1. The molecule has 118 valence electrons. The number of aromatic amines is 1. The van der Waals surface area contributed by atoms with Gasteiger partial charge in [-0.05, 0) is 37.5 Å². The number of hydrogen-bond acceptors (Lipinski definition) is 5. The van der Waals surface area contributed by atoms with Crippen LogP contribution < -0.4 is 5.32 Å². The van der Waals surface area contributed by atoms with Gasteiger partial charge in [-0.25, -0.2) is 8.42 Å². The van der Waals surface area contributed by atoms with Gasteiger partial charge in [-0.1, -0.05) is 0 Å². The predicted octanol–water partition coefficient (Wildman–Crippen LogP) is 1.61. The van der Waals surface area contributed by atoms with Crippen LogP contribution in [-0.4, -0.2) is 42.6 Å². The van der Waals surface area contributed by atoms with Crippen molar-refractivity contribution in [1.82, 2.24) is 15.5 Å². The van der Waals surface area contributed by atoms with E-state index in [1.54, 1.807) is 17.4 Å². The standard InChI is InChI=1S/C14H17N3O3S2/c1-9-2-3-13(21-9)11-6-12(17-16-11)14(18)15-7-10-4-5-22(19,20)8-10/h2-3,6,10H,4-5,7-8H2,1H3,(H,15,18)(H,16,17)/t10-/m1/s1. The van der Waals surface area contributed by atoms with E-state index < -0.39 is 9.84 Å². The molecule has 1 atom stereocenters. The molecule has 0 spiro atoms. The topological polar surface area (TPSA) is 91.9 Å². The molecular formula is C14H17N3O3S2. The van der Waals surface area contributed by atoms with Crippen LogP contribution in [0.1, 0.15) is 21.8 Å². The van der Waals surface area contributed by atoms with Crippen molar-refractivity contribution in [1.29, 1.82) is 0 Å². The first-order chi connectivity index (χ1) is 10.4. The summed E-state index contributed by atoms with van der Waals surface area (Å²) in [4.78, 5) is 14.3. The number of carbonyl (C=O) groups excluding carboxylic acids is 1. The summed E-state index contributed by atoms with van der Waals surface area (Å²) in [6.07, 6.45) is 0.614. The van der Waals surface area contributed by atoms with Gasteiger partial charge in [-0.3, -0.25) is 9.89 Å². The summed E-state index contributed by atoms with van der Waals surface area (Å²) < 4.78 is 22.8.